The second kappa shape index (κ2) is 8.16. The molecule has 1 amide bonds. The number of rotatable bonds is 4. The summed E-state index contributed by atoms with van der Waals surface area (Å²) in [5.41, 5.74) is 0.369. The first-order valence-electron chi connectivity index (χ1n) is 9.25. The summed E-state index contributed by atoms with van der Waals surface area (Å²) >= 11 is 3.35. The number of nitrogens with zero attached hydrogens (tertiary/aromatic N) is 2. The molecule has 1 atom stereocenters. The van der Waals surface area contributed by atoms with Crippen LogP contribution < -0.4 is 4.90 Å². The van der Waals surface area contributed by atoms with Gasteiger partial charge in [0, 0.05) is 21.8 Å². The minimum atomic E-state index is -1.17. The third-order valence-electron chi connectivity index (χ3n) is 5.01. The maximum atomic E-state index is 13.1. The van der Waals surface area contributed by atoms with E-state index in [2.05, 4.69) is 15.9 Å². The van der Waals surface area contributed by atoms with Crippen LogP contribution in [0.25, 0.3) is 5.76 Å². The Morgan fingerprint density at radius 2 is 1.65 bits per heavy atom. The van der Waals surface area contributed by atoms with E-state index < -0.39 is 22.7 Å². The van der Waals surface area contributed by atoms with Crippen molar-refractivity contribution in [3.63, 3.8) is 0 Å². The van der Waals surface area contributed by atoms with Gasteiger partial charge >= 0.3 is 0 Å². The molecule has 1 fully saturated rings. The largest absolute Gasteiger partial charge is 0.507 e. The van der Waals surface area contributed by atoms with Gasteiger partial charge in [-0.05, 0) is 24.3 Å². The predicted octanol–water partition coefficient (Wildman–Crippen LogP) is 4.98. The van der Waals surface area contributed by atoms with Crippen molar-refractivity contribution in [2.75, 3.05) is 4.90 Å². The number of para-hydroxylation sites is 1. The second-order valence-electron chi connectivity index (χ2n) is 6.83. The fourth-order valence-corrected chi connectivity index (χ4v) is 4.04. The summed E-state index contributed by atoms with van der Waals surface area (Å²) in [6.07, 6.45) is 0. The van der Waals surface area contributed by atoms with Crippen molar-refractivity contribution in [1.82, 2.24) is 0 Å². The normalized spacial score (nSPS) is 17.7. The number of ketones is 1. The van der Waals surface area contributed by atoms with Crippen LogP contribution in [0.5, 0.6) is 0 Å². The monoisotopic (exact) mass is 478 g/mol. The zero-order chi connectivity index (χ0) is 22.1. The number of benzene rings is 3. The van der Waals surface area contributed by atoms with Gasteiger partial charge in [0.05, 0.1) is 16.1 Å². The van der Waals surface area contributed by atoms with Crippen molar-refractivity contribution < 1.29 is 19.6 Å². The molecule has 1 aliphatic heterocycles. The second-order valence-corrected chi connectivity index (χ2v) is 7.75. The maximum absolute atomic E-state index is 13.1. The molecule has 7 nitrogen and oxygen atoms in total. The van der Waals surface area contributed by atoms with E-state index in [-0.39, 0.29) is 22.6 Å². The highest BCUT2D eigenvalue weighted by molar-refractivity contribution is 9.10. The number of carbonyl (C=O) groups excluding carboxylic acids is 2. The minimum absolute atomic E-state index is 0.129. The number of anilines is 1. The van der Waals surface area contributed by atoms with Crippen LogP contribution in [-0.2, 0) is 9.59 Å². The van der Waals surface area contributed by atoms with Crippen molar-refractivity contribution in [3.05, 3.63) is 110 Å². The molecule has 0 aromatic heterocycles. The number of carbonyl (C=O) groups is 2. The van der Waals surface area contributed by atoms with Gasteiger partial charge in [-0.1, -0.05) is 64.5 Å². The maximum Gasteiger partial charge on any atom is 0.300 e. The van der Waals surface area contributed by atoms with Crippen LogP contribution in [-0.4, -0.2) is 21.7 Å². The number of aliphatic hydroxyl groups is 1. The summed E-state index contributed by atoms with van der Waals surface area (Å²) in [5.74, 6) is -2.18. The SMILES string of the molecule is O=C1C(=O)N(c2cccc(Br)c2)C(c2ccccc2[N+](=O)[O-])/C1=C(\O)c1ccccc1. The molecule has 0 saturated carbocycles. The Bertz CT molecular complexity index is 1240. The molecule has 1 aliphatic rings. The molecule has 3 aromatic carbocycles. The van der Waals surface area contributed by atoms with Crippen LogP contribution in [0.2, 0.25) is 0 Å². The predicted molar refractivity (Wildman–Crippen MR) is 118 cm³/mol. The Hall–Kier alpha value is -3.78. The quantitative estimate of drug-likeness (QED) is 0.187. The van der Waals surface area contributed by atoms with Gasteiger partial charge in [-0.15, -0.1) is 0 Å². The number of nitro benzene ring substituents is 1. The highest BCUT2D eigenvalue weighted by atomic mass is 79.9. The molecule has 8 heteroatoms. The number of nitro groups is 1. The fraction of sp³-hybridized carbons (Fsp3) is 0.0435. The van der Waals surface area contributed by atoms with Gasteiger partial charge in [0.25, 0.3) is 17.4 Å². The summed E-state index contributed by atoms with van der Waals surface area (Å²) in [6.45, 7) is 0. The molecule has 4 rings (SSSR count). The first-order chi connectivity index (χ1) is 14.9. The molecule has 31 heavy (non-hydrogen) atoms. The van der Waals surface area contributed by atoms with Crippen LogP contribution in [0.3, 0.4) is 0 Å². The lowest BCUT2D eigenvalue weighted by Gasteiger charge is -2.25. The summed E-state index contributed by atoms with van der Waals surface area (Å²) in [6, 6.07) is 19.7. The fourth-order valence-electron chi connectivity index (χ4n) is 3.66. The van der Waals surface area contributed by atoms with Crippen LogP contribution in [0, 0.1) is 10.1 Å². The molecule has 0 spiro atoms. The number of aliphatic hydroxyl groups excluding tert-OH is 1. The zero-order valence-electron chi connectivity index (χ0n) is 15.9. The van der Waals surface area contributed by atoms with Crippen LogP contribution in [0.4, 0.5) is 11.4 Å². The molecule has 154 valence electrons. The lowest BCUT2D eigenvalue weighted by Crippen LogP contribution is -2.29. The van der Waals surface area contributed by atoms with E-state index >= 15 is 0 Å². The Labute approximate surface area is 185 Å². The van der Waals surface area contributed by atoms with Crippen LogP contribution in [0.15, 0.2) is 88.9 Å². The third kappa shape index (κ3) is 3.62. The highest BCUT2D eigenvalue weighted by Gasteiger charge is 2.48. The average molecular weight is 479 g/mol. The van der Waals surface area contributed by atoms with Gasteiger partial charge < -0.3 is 5.11 Å². The van der Waals surface area contributed by atoms with Crippen molar-refractivity contribution in [1.29, 1.82) is 0 Å². The van der Waals surface area contributed by atoms with E-state index in [1.807, 2.05) is 0 Å². The average Bonchev–Trinajstić information content (AvgIpc) is 3.04. The molecule has 1 unspecified atom stereocenters. The van der Waals surface area contributed by atoms with Crippen molar-refractivity contribution in [2.45, 2.75) is 6.04 Å². The minimum Gasteiger partial charge on any atom is -0.507 e. The smallest absolute Gasteiger partial charge is 0.300 e. The molecular weight excluding hydrogens is 464 g/mol. The molecule has 0 radical (unpaired) electrons. The Balaban J connectivity index is 2.02. The van der Waals surface area contributed by atoms with Crippen molar-refractivity contribution in [3.8, 4) is 0 Å². The molecule has 0 aliphatic carbocycles. The van der Waals surface area contributed by atoms with Gasteiger partial charge in [-0.25, -0.2) is 0 Å². The Morgan fingerprint density at radius 3 is 2.32 bits per heavy atom. The van der Waals surface area contributed by atoms with E-state index in [4.69, 9.17) is 0 Å². The number of halogens is 1. The molecule has 1 heterocycles. The number of Topliss-reactive ketones (excluding diaryl/α,β-unsaturated/α-hetero) is 1. The standard InChI is InChI=1S/C23H15BrN2O5/c24-15-9-6-10-16(13-15)25-20(17-11-4-5-12-18(17)26(30)31)19(22(28)23(25)29)21(27)14-7-2-1-3-8-14/h1-13,20,27H/b21-19+. The molecule has 3 aromatic rings. The molecule has 1 N–H and O–H groups in total. The van der Waals surface area contributed by atoms with Gasteiger partial charge in [-0.3, -0.25) is 24.6 Å². The van der Waals surface area contributed by atoms with Crippen molar-refractivity contribution >= 4 is 44.8 Å². The molecule has 1 saturated heterocycles. The highest BCUT2D eigenvalue weighted by Crippen LogP contribution is 2.45. The van der Waals surface area contributed by atoms with E-state index in [0.717, 1.165) is 0 Å². The first kappa shape index (κ1) is 20.5. The third-order valence-corrected chi connectivity index (χ3v) is 5.50. The van der Waals surface area contributed by atoms with Crippen LogP contribution in [0.1, 0.15) is 17.2 Å². The Morgan fingerprint density at radius 1 is 0.968 bits per heavy atom. The summed E-state index contributed by atoms with van der Waals surface area (Å²) in [5, 5.41) is 22.7. The van der Waals surface area contributed by atoms with E-state index in [0.29, 0.717) is 15.7 Å². The van der Waals surface area contributed by atoms with E-state index in [1.165, 1.54) is 23.1 Å². The summed E-state index contributed by atoms with van der Waals surface area (Å²) < 4.78 is 0.663. The topological polar surface area (TPSA) is 101 Å². The summed E-state index contributed by atoms with van der Waals surface area (Å²) in [7, 11) is 0. The lowest BCUT2D eigenvalue weighted by molar-refractivity contribution is -0.385. The van der Waals surface area contributed by atoms with E-state index in [9.17, 15) is 24.8 Å². The number of hydrogen-bond acceptors (Lipinski definition) is 5. The molecule has 0 bridgehead atoms. The number of amides is 1. The number of hydrogen-bond donors (Lipinski definition) is 1. The van der Waals surface area contributed by atoms with Gasteiger partial charge in [0.2, 0.25) is 0 Å². The van der Waals surface area contributed by atoms with E-state index in [1.54, 1.807) is 60.7 Å². The first-order valence-corrected chi connectivity index (χ1v) is 10.0. The van der Waals surface area contributed by atoms with Gasteiger partial charge in [-0.2, -0.15) is 0 Å². The zero-order valence-corrected chi connectivity index (χ0v) is 17.5. The van der Waals surface area contributed by atoms with Crippen LogP contribution >= 0.6 is 15.9 Å². The van der Waals surface area contributed by atoms with Gasteiger partial charge in [0.1, 0.15) is 11.8 Å². The molecular formula is C23H15BrN2O5. The van der Waals surface area contributed by atoms with Gasteiger partial charge in [0.15, 0.2) is 0 Å². The van der Waals surface area contributed by atoms with Crippen molar-refractivity contribution in [2.24, 2.45) is 0 Å². The lowest BCUT2D eigenvalue weighted by atomic mass is 9.94. The summed E-state index contributed by atoms with van der Waals surface area (Å²) in [4.78, 5) is 38.5. The Kier molecular flexibility index (Phi) is 5.39.